The monoisotopic (exact) mass is 444 g/mol. The molecule has 16 heteroatoms. The molecule has 0 heterocycles. The van der Waals surface area contributed by atoms with E-state index in [9.17, 15) is 14.4 Å². The van der Waals surface area contributed by atoms with E-state index >= 15 is 0 Å². The van der Waals surface area contributed by atoms with Crippen LogP contribution in [0.5, 0.6) is 0 Å². The van der Waals surface area contributed by atoms with Gasteiger partial charge in [-0.3, -0.25) is 14.4 Å². The molecule has 0 aromatic carbocycles. The minimum absolute atomic E-state index is 0. The number of hydrogen-bond acceptors (Lipinski definition) is 6. The van der Waals surface area contributed by atoms with Crippen LogP contribution >= 0.6 is 0 Å². The largest absolute Gasteiger partial charge is 0.466 e. The summed E-state index contributed by atoms with van der Waals surface area (Å²) in [6.45, 7) is 11.0. The topological polar surface area (TPSA) is 394 Å². The van der Waals surface area contributed by atoms with E-state index in [2.05, 4.69) is 14.2 Å². The van der Waals surface area contributed by atoms with Gasteiger partial charge in [0.15, 0.2) is 0 Å². The first-order chi connectivity index (χ1) is 8.31. The number of rotatable bonds is 3. The number of esters is 3. The Morgan fingerprint density at radius 2 is 0.536 bits per heavy atom. The van der Waals surface area contributed by atoms with Gasteiger partial charge in [0.25, 0.3) is 0 Å². The lowest BCUT2D eigenvalue weighted by atomic mass is 10.8. The minimum Gasteiger partial charge on any atom is -0.466 e. The molecule has 0 amide bonds. The fourth-order valence-electron chi connectivity index (χ4n) is 0.610. The lowest BCUT2D eigenvalue weighted by molar-refractivity contribution is -0.141. The van der Waals surface area contributed by atoms with Crippen molar-refractivity contribution in [1.29, 1.82) is 0 Å². The summed E-state index contributed by atoms with van der Waals surface area (Å²) < 4.78 is 13.2. The van der Waals surface area contributed by atoms with Crippen molar-refractivity contribution in [3.05, 3.63) is 0 Å². The molecule has 0 saturated heterocycles. The average Bonchev–Trinajstić information content (AvgIpc) is 2.18. The summed E-state index contributed by atoms with van der Waals surface area (Å²) in [5.74, 6) is -0.632. The van der Waals surface area contributed by atoms with Crippen molar-refractivity contribution in [2.75, 3.05) is 19.8 Å². The van der Waals surface area contributed by atoms with E-state index in [1.807, 2.05) is 0 Å². The van der Waals surface area contributed by atoms with Gasteiger partial charge in [0.2, 0.25) is 0 Å². The van der Waals surface area contributed by atoms with Gasteiger partial charge in [-0.2, -0.15) is 0 Å². The van der Waals surface area contributed by atoms with E-state index < -0.39 is 0 Å². The van der Waals surface area contributed by atoms with Gasteiger partial charge in [0, 0.05) is 20.8 Å². The van der Waals surface area contributed by atoms with Gasteiger partial charge in [0.05, 0.1) is 19.8 Å². The maximum absolute atomic E-state index is 9.82. The van der Waals surface area contributed by atoms with Gasteiger partial charge in [-0.05, 0) is 20.8 Å². The summed E-state index contributed by atoms with van der Waals surface area (Å²) in [7, 11) is 0. The average molecular weight is 444 g/mol. The molecule has 0 rings (SSSR count). The first-order valence-corrected chi connectivity index (χ1v) is 5.71. The van der Waals surface area contributed by atoms with Crippen LogP contribution in [0.4, 0.5) is 0 Å². The summed E-state index contributed by atoms with van der Waals surface area (Å²) >= 11 is 0. The zero-order valence-corrected chi connectivity index (χ0v) is 17.1. The van der Waals surface area contributed by atoms with Gasteiger partial charge in [0.1, 0.15) is 0 Å². The number of carbonyl (C=O) groups excluding carboxylic acids is 3. The van der Waals surface area contributed by atoms with Crippen molar-refractivity contribution in [3.63, 3.8) is 0 Å². The van der Waals surface area contributed by atoms with Crippen molar-refractivity contribution < 1.29 is 83.4 Å². The predicted molar refractivity (Wildman–Crippen MR) is 103 cm³/mol. The van der Waals surface area contributed by atoms with E-state index in [0.717, 1.165) is 0 Å². The van der Waals surface area contributed by atoms with Gasteiger partial charge in [-0.15, -0.1) is 0 Å². The van der Waals surface area contributed by atoms with Crippen molar-refractivity contribution >= 4 is 17.9 Å². The quantitative estimate of drug-likeness (QED) is 0.300. The Morgan fingerprint density at radius 1 is 0.429 bits per heavy atom. The van der Waals surface area contributed by atoms with Crippen LogP contribution in [0, 0.1) is 0 Å². The SMILES string of the molecule is CCOC(C)=O.CCOC(C)=O.CCOC(C)=O.O.O.O.O.O.O.O.O.O.O. The molecule has 0 atom stereocenters. The Labute approximate surface area is 163 Å². The van der Waals surface area contributed by atoms with E-state index in [4.69, 9.17) is 0 Å². The third-order valence-electron chi connectivity index (χ3n) is 1.04. The normalized spacial score (nSPS) is 4.93. The van der Waals surface area contributed by atoms with Crippen molar-refractivity contribution in [1.82, 2.24) is 0 Å². The van der Waals surface area contributed by atoms with E-state index in [1.54, 1.807) is 20.8 Å². The van der Waals surface area contributed by atoms with Crippen LogP contribution in [0.15, 0.2) is 0 Å². The van der Waals surface area contributed by atoms with Gasteiger partial charge >= 0.3 is 17.9 Å². The molecule has 20 N–H and O–H groups in total. The molecule has 0 aromatic heterocycles. The highest BCUT2D eigenvalue weighted by Crippen LogP contribution is 1.70. The Hall–Kier alpha value is -1.99. The molecule has 16 nitrogen and oxygen atoms in total. The summed E-state index contributed by atoms with van der Waals surface area (Å²) in [6, 6.07) is 0. The lowest BCUT2D eigenvalue weighted by Gasteiger charge is -1.89. The maximum Gasteiger partial charge on any atom is 0.302 e. The molecule has 188 valence electrons. The fourth-order valence-corrected chi connectivity index (χ4v) is 0.610. The molecule has 28 heavy (non-hydrogen) atoms. The molecule has 0 aliphatic rings. The second kappa shape index (κ2) is 85.2. The van der Waals surface area contributed by atoms with Gasteiger partial charge in [-0.25, -0.2) is 0 Å². The van der Waals surface area contributed by atoms with Crippen LogP contribution in [0.3, 0.4) is 0 Å². The van der Waals surface area contributed by atoms with E-state index in [-0.39, 0.29) is 72.7 Å². The van der Waals surface area contributed by atoms with Gasteiger partial charge < -0.3 is 69.0 Å². The van der Waals surface area contributed by atoms with Gasteiger partial charge in [-0.1, -0.05) is 0 Å². The molecule has 0 spiro atoms. The van der Waals surface area contributed by atoms with Crippen molar-refractivity contribution in [2.45, 2.75) is 41.5 Å². The zero-order chi connectivity index (χ0) is 15.0. The lowest BCUT2D eigenvalue weighted by Crippen LogP contribution is -1.95. The van der Waals surface area contributed by atoms with E-state index in [0.29, 0.717) is 19.8 Å². The van der Waals surface area contributed by atoms with Crippen LogP contribution in [-0.2, 0) is 28.6 Å². The molecular formula is C12H44O16. The van der Waals surface area contributed by atoms with Crippen LogP contribution in [-0.4, -0.2) is 92.5 Å². The molecule has 0 saturated carbocycles. The Kier molecular flexibility index (Phi) is 292. The number of ether oxygens (including phenoxy) is 3. The van der Waals surface area contributed by atoms with Crippen molar-refractivity contribution in [2.24, 2.45) is 0 Å². The molecule has 0 fully saturated rings. The molecular weight excluding hydrogens is 400 g/mol. The fraction of sp³-hybridized carbons (Fsp3) is 0.750. The third-order valence-corrected chi connectivity index (χ3v) is 1.04. The van der Waals surface area contributed by atoms with Crippen molar-refractivity contribution in [3.8, 4) is 0 Å². The maximum atomic E-state index is 9.82. The van der Waals surface area contributed by atoms with Crippen LogP contribution < -0.4 is 0 Å². The molecule has 0 radical (unpaired) electrons. The predicted octanol–water partition coefficient (Wildman–Crippen LogP) is -6.54. The highest BCUT2D eigenvalue weighted by Gasteiger charge is 1.82. The summed E-state index contributed by atoms with van der Waals surface area (Å²) in [6.07, 6.45) is 0. The Bertz CT molecular complexity index is 198. The van der Waals surface area contributed by atoms with Crippen LogP contribution in [0.25, 0.3) is 0 Å². The second-order valence-electron chi connectivity index (χ2n) is 2.77. The first-order valence-electron chi connectivity index (χ1n) is 5.71. The summed E-state index contributed by atoms with van der Waals surface area (Å²) in [5, 5.41) is 0. The molecule has 0 unspecified atom stereocenters. The molecule has 0 bridgehead atoms. The Balaban J connectivity index is -0.00000000930. The molecule has 0 aliphatic heterocycles. The standard InChI is InChI=1S/3C4H8O2.10H2O/c3*1-3-6-4(2)5;;;;;;;;;;/h3*3H2,1-2H3;10*1H2. The molecule has 0 aliphatic carbocycles. The molecule has 0 aromatic rings. The van der Waals surface area contributed by atoms with Crippen LogP contribution in [0.1, 0.15) is 41.5 Å². The third kappa shape index (κ3) is 259. The second-order valence-corrected chi connectivity index (χ2v) is 2.77. The summed E-state index contributed by atoms with van der Waals surface area (Å²) in [4.78, 5) is 29.5. The smallest absolute Gasteiger partial charge is 0.302 e. The summed E-state index contributed by atoms with van der Waals surface area (Å²) in [5.41, 5.74) is 0. The van der Waals surface area contributed by atoms with Crippen LogP contribution in [0.2, 0.25) is 0 Å². The number of hydrogen-bond donors (Lipinski definition) is 0. The Morgan fingerprint density at radius 3 is 0.536 bits per heavy atom. The first kappa shape index (κ1) is 96.1. The highest BCUT2D eigenvalue weighted by molar-refractivity contribution is 5.66. The number of carbonyl (C=O) groups is 3. The van der Waals surface area contributed by atoms with E-state index in [1.165, 1.54) is 20.8 Å². The minimum atomic E-state index is -0.211. The zero-order valence-electron chi connectivity index (χ0n) is 17.1. The highest BCUT2D eigenvalue weighted by atomic mass is 16.5.